The molecule has 1 aromatic rings. The summed E-state index contributed by atoms with van der Waals surface area (Å²) in [5, 5.41) is 9.30. The number of likely N-dealkylation sites (tertiary alicyclic amines) is 2. The Hall–Kier alpha value is -2.91. The smallest absolute Gasteiger partial charge is 0.410 e. The monoisotopic (exact) mass is 442 g/mol. The van der Waals surface area contributed by atoms with E-state index in [2.05, 4.69) is 0 Å². The number of likely N-dealkylation sites (N-methyl/N-ethyl adjacent to an activating group) is 1. The van der Waals surface area contributed by atoms with Gasteiger partial charge in [-0.2, -0.15) is 0 Å². The number of nitrogens with zero attached hydrogens (tertiary/aromatic N) is 3. The van der Waals surface area contributed by atoms with Crippen molar-refractivity contribution in [2.75, 3.05) is 39.8 Å². The van der Waals surface area contributed by atoms with Crippen LogP contribution in [0.5, 0.6) is 0 Å². The second kappa shape index (κ2) is 9.70. The van der Waals surface area contributed by atoms with Gasteiger partial charge in [0.1, 0.15) is 12.1 Å². The lowest BCUT2D eigenvalue weighted by atomic mass is 9.86. The Morgan fingerprint density at radius 3 is 2.50 bits per heavy atom. The standard InChI is InChI=1S/C23H30N4O5/c1-25-15-18(32-23(30)26-10-5-6-11-26)13-19(21(28)24-31)20(25)22(29)27-12-9-17(14-27)16-7-3-2-4-8-16/h2-4,7-9,18-20,31H,5-6,10-15H2,1H3,(H,24,28)/t18-,19-,20-/m0/s1. The van der Waals surface area contributed by atoms with Crippen molar-refractivity contribution in [1.29, 1.82) is 0 Å². The Morgan fingerprint density at radius 2 is 1.81 bits per heavy atom. The molecular weight excluding hydrogens is 412 g/mol. The van der Waals surface area contributed by atoms with Crippen LogP contribution in [0.1, 0.15) is 24.8 Å². The van der Waals surface area contributed by atoms with Crippen LogP contribution in [0, 0.1) is 5.92 Å². The number of hydroxylamine groups is 1. The largest absolute Gasteiger partial charge is 0.445 e. The molecule has 3 aliphatic heterocycles. The van der Waals surface area contributed by atoms with Gasteiger partial charge in [-0.15, -0.1) is 0 Å². The molecule has 3 atom stereocenters. The highest BCUT2D eigenvalue weighted by atomic mass is 16.6. The van der Waals surface area contributed by atoms with Gasteiger partial charge < -0.3 is 14.5 Å². The van der Waals surface area contributed by atoms with Crippen molar-refractivity contribution in [3.05, 3.63) is 42.0 Å². The van der Waals surface area contributed by atoms with Crippen LogP contribution in [0.4, 0.5) is 4.79 Å². The molecule has 0 saturated carbocycles. The number of benzene rings is 1. The fourth-order valence-electron chi connectivity index (χ4n) is 4.90. The van der Waals surface area contributed by atoms with Gasteiger partial charge in [0.05, 0.1) is 5.92 Å². The number of piperidine rings is 1. The summed E-state index contributed by atoms with van der Waals surface area (Å²) in [5.74, 6) is -1.65. The second-order valence-electron chi connectivity index (χ2n) is 8.72. The van der Waals surface area contributed by atoms with Gasteiger partial charge in [-0.3, -0.25) is 19.7 Å². The number of hydrogen-bond acceptors (Lipinski definition) is 6. The number of hydrogen-bond donors (Lipinski definition) is 2. The highest BCUT2D eigenvalue weighted by molar-refractivity contribution is 5.92. The van der Waals surface area contributed by atoms with Crippen LogP contribution < -0.4 is 5.48 Å². The van der Waals surface area contributed by atoms with Crippen LogP contribution in [0.25, 0.3) is 5.57 Å². The Balaban J connectivity index is 1.43. The summed E-state index contributed by atoms with van der Waals surface area (Å²) in [6, 6.07) is 9.14. The molecule has 172 valence electrons. The van der Waals surface area contributed by atoms with Gasteiger partial charge in [0.25, 0.3) is 0 Å². The Labute approximate surface area is 187 Å². The van der Waals surface area contributed by atoms with Crippen molar-refractivity contribution in [2.45, 2.75) is 31.4 Å². The first-order chi connectivity index (χ1) is 15.5. The molecule has 3 amide bonds. The third-order valence-corrected chi connectivity index (χ3v) is 6.57. The highest BCUT2D eigenvalue weighted by Gasteiger charge is 2.46. The summed E-state index contributed by atoms with van der Waals surface area (Å²) >= 11 is 0. The number of nitrogens with one attached hydrogen (secondary N) is 1. The highest BCUT2D eigenvalue weighted by Crippen LogP contribution is 2.29. The molecule has 32 heavy (non-hydrogen) atoms. The fraction of sp³-hybridized carbons (Fsp3) is 0.522. The van der Waals surface area contributed by atoms with Crippen molar-refractivity contribution in [3.8, 4) is 0 Å². The van der Waals surface area contributed by atoms with Crippen molar-refractivity contribution in [3.63, 3.8) is 0 Å². The average molecular weight is 443 g/mol. The number of amides is 3. The maximum absolute atomic E-state index is 13.4. The van der Waals surface area contributed by atoms with Crippen molar-refractivity contribution < 1.29 is 24.3 Å². The van der Waals surface area contributed by atoms with Crippen LogP contribution in [0.3, 0.4) is 0 Å². The molecule has 3 heterocycles. The van der Waals surface area contributed by atoms with E-state index in [1.807, 2.05) is 36.4 Å². The molecule has 3 aliphatic rings. The van der Waals surface area contributed by atoms with Crippen LogP contribution in [-0.2, 0) is 14.3 Å². The van der Waals surface area contributed by atoms with Crippen molar-refractivity contribution in [1.82, 2.24) is 20.2 Å². The molecule has 1 aromatic carbocycles. The maximum Gasteiger partial charge on any atom is 0.410 e. The van der Waals surface area contributed by atoms with E-state index in [-0.39, 0.29) is 18.4 Å². The summed E-state index contributed by atoms with van der Waals surface area (Å²) in [6.45, 7) is 2.63. The van der Waals surface area contributed by atoms with E-state index in [9.17, 15) is 19.6 Å². The van der Waals surface area contributed by atoms with E-state index in [1.165, 1.54) is 0 Å². The summed E-state index contributed by atoms with van der Waals surface area (Å²) in [4.78, 5) is 43.5. The van der Waals surface area contributed by atoms with Gasteiger partial charge in [0.2, 0.25) is 11.8 Å². The number of carbonyl (C=O) groups is 3. The van der Waals surface area contributed by atoms with E-state index in [4.69, 9.17) is 4.74 Å². The van der Waals surface area contributed by atoms with E-state index >= 15 is 0 Å². The van der Waals surface area contributed by atoms with E-state index in [1.54, 1.807) is 27.2 Å². The Kier molecular flexibility index (Phi) is 6.76. The normalized spacial score (nSPS) is 26.1. The minimum Gasteiger partial charge on any atom is -0.445 e. The first-order valence-electron chi connectivity index (χ1n) is 11.1. The third-order valence-electron chi connectivity index (χ3n) is 6.57. The summed E-state index contributed by atoms with van der Waals surface area (Å²) < 4.78 is 5.65. The van der Waals surface area contributed by atoms with Crippen molar-refractivity contribution >= 4 is 23.5 Å². The molecule has 0 unspecified atom stereocenters. The van der Waals surface area contributed by atoms with Gasteiger partial charge >= 0.3 is 6.09 Å². The first kappa shape index (κ1) is 22.3. The zero-order valence-corrected chi connectivity index (χ0v) is 18.3. The molecule has 0 spiro atoms. The van der Waals surface area contributed by atoms with Gasteiger partial charge in [-0.05, 0) is 37.4 Å². The quantitative estimate of drug-likeness (QED) is 0.539. The summed E-state index contributed by atoms with van der Waals surface area (Å²) in [5.41, 5.74) is 3.83. The third kappa shape index (κ3) is 4.63. The van der Waals surface area contributed by atoms with Gasteiger partial charge in [0, 0.05) is 32.7 Å². The predicted molar refractivity (Wildman–Crippen MR) is 117 cm³/mol. The molecule has 9 nitrogen and oxygen atoms in total. The molecule has 2 fully saturated rings. The molecule has 9 heteroatoms. The molecule has 0 aliphatic carbocycles. The molecule has 0 radical (unpaired) electrons. The SMILES string of the molecule is CN1C[C@@H](OC(=O)N2CCCC2)C[C@H](C(=O)NO)[C@H]1C(=O)N1CC=C(c2ccccc2)C1. The molecule has 2 saturated heterocycles. The van der Waals surface area contributed by atoms with Crippen LogP contribution >= 0.6 is 0 Å². The van der Waals surface area contributed by atoms with Gasteiger partial charge in [-0.1, -0.05) is 36.4 Å². The lowest BCUT2D eigenvalue weighted by molar-refractivity contribution is -0.151. The molecule has 0 aromatic heterocycles. The fourth-order valence-corrected chi connectivity index (χ4v) is 4.90. The average Bonchev–Trinajstić information content (AvgIpc) is 3.51. The molecule has 4 rings (SSSR count). The Morgan fingerprint density at radius 1 is 1.09 bits per heavy atom. The van der Waals surface area contributed by atoms with Gasteiger partial charge in [-0.25, -0.2) is 10.3 Å². The van der Waals surface area contributed by atoms with Crippen LogP contribution in [0.2, 0.25) is 0 Å². The zero-order chi connectivity index (χ0) is 22.7. The van der Waals surface area contributed by atoms with E-state index < -0.39 is 24.0 Å². The van der Waals surface area contributed by atoms with Crippen LogP contribution in [0.15, 0.2) is 36.4 Å². The molecular formula is C23H30N4O5. The number of ether oxygens (including phenoxy) is 1. The topological polar surface area (TPSA) is 102 Å². The van der Waals surface area contributed by atoms with Crippen LogP contribution in [-0.4, -0.2) is 89.7 Å². The first-order valence-corrected chi connectivity index (χ1v) is 11.1. The molecule has 2 N–H and O–H groups in total. The lowest BCUT2D eigenvalue weighted by Crippen LogP contribution is -2.60. The van der Waals surface area contributed by atoms with Gasteiger partial charge in [0.15, 0.2) is 0 Å². The predicted octanol–water partition coefficient (Wildman–Crippen LogP) is 1.34. The van der Waals surface area contributed by atoms with E-state index in [0.717, 1.165) is 24.0 Å². The summed E-state index contributed by atoms with van der Waals surface area (Å²) in [6.07, 6.45) is 3.21. The lowest BCUT2D eigenvalue weighted by Gasteiger charge is -2.42. The molecule has 0 bridgehead atoms. The number of carbonyl (C=O) groups excluding carboxylic acids is 3. The number of rotatable bonds is 4. The summed E-state index contributed by atoms with van der Waals surface area (Å²) in [7, 11) is 1.75. The minimum absolute atomic E-state index is 0.174. The zero-order valence-electron chi connectivity index (χ0n) is 18.3. The van der Waals surface area contributed by atoms with E-state index in [0.29, 0.717) is 32.7 Å². The second-order valence-corrected chi connectivity index (χ2v) is 8.72. The van der Waals surface area contributed by atoms with Crippen molar-refractivity contribution in [2.24, 2.45) is 5.92 Å². The Bertz CT molecular complexity index is 884. The minimum atomic E-state index is -0.830. The maximum atomic E-state index is 13.4.